The van der Waals surface area contributed by atoms with Crippen LogP contribution in [0.5, 0.6) is 17.2 Å². The molecule has 0 aromatic heterocycles. The molecular weight excluding hydrogens is 246 g/mol. The Balaban J connectivity index is 1.94. The van der Waals surface area contributed by atoms with Gasteiger partial charge in [-0.05, 0) is 6.92 Å². The maximum absolute atomic E-state index is 5.78. The van der Waals surface area contributed by atoms with Crippen molar-refractivity contribution in [2.24, 2.45) is 0 Å². The van der Waals surface area contributed by atoms with Gasteiger partial charge < -0.3 is 24.3 Å². The molecule has 1 aromatic rings. The first kappa shape index (κ1) is 14.0. The zero-order valence-corrected chi connectivity index (χ0v) is 11.6. The summed E-state index contributed by atoms with van der Waals surface area (Å²) in [6.45, 7) is 4.08. The predicted octanol–water partition coefficient (Wildman–Crippen LogP) is 1.46. The van der Waals surface area contributed by atoms with Crippen LogP contribution in [0.1, 0.15) is 6.92 Å². The van der Waals surface area contributed by atoms with E-state index in [4.69, 9.17) is 18.9 Å². The summed E-state index contributed by atoms with van der Waals surface area (Å²) >= 11 is 0. The highest BCUT2D eigenvalue weighted by atomic mass is 16.5. The third-order valence-corrected chi connectivity index (χ3v) is 2.98. The smallest absolute Gasteiger partial charge is 0.126 e. The minimum absolute atomic E-state index is 0.209. The van der Waals surface area contributed by atoms with E-state index in [-0.39, 0.29) is 6.04 Å². The number of hydrogen-bond acceptors (Lipinski definition) is 5. The Bertz CT molecular complexity index is 388. The number of ether oxygens (including phenoxy) is 4. The molecule has 106 valence electrons. The van der Waals surface area contributed by atoms with E-state index < -0.39 is 0 Å². The molecule has 5 heteroatoms. The van der Waals surface area contributed by atoms with Gasteiger partial charge in [0.1, 0.15) is 23.9 Å². The second-order valence-corrected chi connectivity index (χ2v) is 4.66. The van der Waals surface area contributed by atoms with Gasteiger partial charge in [0.15, 0.2) is 0 Å². The maximum Gasteiger partial charge on any atom is 0.126 e. The number of rotatable bonds is 5. The third kappa shape index (κ3) is 4.01. The summed E-state index contributed by atoms with van der Waals surface area (Å²) in [4.78, 5) is 0. The molecule has 2 atom stereocenters. The van der Waals surface area contributed by atoms with Crippen molar-refractivity contribution in [3.8, 4) is 17.2 Å². The molecular formula is C14H21NO4. The molecule has 1 N–H and O–H groups in total. The van der Waals surface area contributed by atoms with Crippen molar-refractivity contribution in [3.63, 3.8) is 0 Å². The van der Waals surface area contributed by atoms with E-state index in [1.165, 1.54) is 0 Å². The van der Waals surface area contributed by atoms with Crippen LogP contribution in [0.3, 0.4) is 0 Å². The number of hydrogen-bond donors (Lipinski definition) is 1. The Morgan fingerprint density at radius 1 is 1.11 bits per heavy atom. The van der Waals surface area contributed by atoms with Gasteiger partial charge in [0.25, 0.3) is 0 Å². The summed E-state index contributed by atoms with van der Waals surface area (Å²) in [7, 11) is 3.24. The molecule has 0 aliphatic carbocycles. The lowest BCUT2D eigenvalue weighted by atomic mass is 10.2. The molecule has 0 amide bonds. The van der Waals surface area contributed by atoms with Crippen LogP contribution < -0.4 is 19.5 Å². The van der Waals surface area contributed by atoms with E-state index in [0.29, 0.717) is 19.3 Å². The minimum atomic E-state index is 0.209. The summed E-state index contributed by atoms with van der Waals surface area (Å²) < 4.78 is 21.7. The van der Waals surface area contributed by atoms with Gasteiger partial charge in [-0.25, -0.2) is 0 Å². The zero-order valence-electron chi connectivity index (χ0n) is 11.6. The van der Waals surface area contributed by atoms with Crippen LogP contribution >= 0.6 is 0 Å². The van der Waals surface area contributed by atoms with Crippen molar-refractivity contribution in [1.82, 2.24) is 5.32 Å². The van der Waals surface area contributed by atoms with Gasteiger partial charge >= 0.3 is 0 Å². The number of benzene rings is 1. The highest BCUT2D eigenvalue weighted by Gasteiger charge is 2.18. The Labute approximate surface area is 113 Å². The van der Waals surface area contributed by atoms with Gasteiger partial charge in [-0.2, -0.15) is 0 Å². The fourth-order valence-electron chi connectivity index (χ4n) is 2.04. The van der Waals surface area contributed by atoms with E-state index in [9.17, 15) is 0 Å². The molecule has 0 radical (unpaired) electrons. The molecule has 2 unspecified atom stereocenters. The lowest BCUT2D eigenvalue weighted by Crippen LogP contribution is -2.50. The summed E-state index contributed by atoms with van der Waals surface area (Å²) in [5.41, 5.74) is 0. The molecule has 0 bridgehead atoms. The van der Waals surface area contributed by atoms with Crippen molar-refractivity contribution in [1.29, 1.82) is 0 Å². The van der Waals surface area contributed by atoms with Gasteiger partial charge in [-0.3, -0.25) is 0 Å². The lowest BCUT2D eigenvalue weighted by Gasteiger charge is -2.28. The van der Waals surface area contributed by atoms with E-state index in [1.807, 2.05) is 18.2 Å². The van der Waals surface area contributed by atoms with E-state index >= 15 is 0 Å². The van der Waals surface area contributed by atoms with E-state index in [2.05, 4.69) is 12.2 Å². The fourth-order valence-corrected chi connectivity index (χ4v) is 2.04. The lowest BCUT2D eigenvalue weighted by molar-refractivity contribution is 0.0353. The third-order valence-electron chi connectivity index (χ3n) is 2.98. The van der Waals surface area contributed by atoms with Crippen LogP contribution in [0.2, 0.25) is 0 Å². The van der Waals surface area contributed by atoms with Crippen molar-refractivity contribution in [3.05, 3.63) is 18.2 Å². The first-order valence-corrected chi connectivity index (χ1v) is 6.41. The standard InChI is InChI=1S/C14H21NO4/c1-10-7-18-8-11(15-10)9-19-14-5-12(16-2)4-13(6-14)17-3/h4-6,10-11,15H,7-9H2,1-3H3. The van der Waals surface area contributed by atoms with Gasteiger partial charge in [-0.15, -0.1) is 0 Å². The van der Waals surface area contributed by atoms with Crippen molar-refractivity contribution in [2.45, 2.75) is 19.0 Å². The van der Waals surface area contributed by atoms with Gasteiger partial charge in [0.05, 0.1) is 33.5 Å². The Hall–Kier alpha value is -1.46. The molecule has 19 heavy (non-hydrogen) atoms. The van der Waals surface area contributed by atoms with Gasteiger partial charge in [0.2, 0.25) is 0 Å². The summed E-state index contributed by atoms with van der Waals surface area (Å²) in [6, 6.07) is 6.07. The van der Waals surface area contributed by atoms with Gasteiger partial charge in [-0.1, -0.05) is 0 Å². The SMILES string of the molecule is COc1cc(OC)cc(OCC2COCC(C)N2)c1. The van der Waals surface area contributed by atoms with Crippen LogP contribution in [-0.4, -0.2) is 46.1 Å². The predicted molar refractivity (Wildman–Crippen MR) is 72.2 cm³/mol. The second kappa shape index (κ2) is 6.63. The molecule has 1 fully saturated rings. The van der Waals surface area contributed by atoms with Crippen molar-refractivity contribution >= 4 is 0 Å². The van der Waals surface area contributed by atoms with Crippen LogP contribution in [0.4, 0.5) is 0 Å². The molecule has 2 rings (SSSR count). The number of morpholine rings is 1. The second-order valence-electron chi connectivity index (χ2n) is 4.66. The fraction of sp³-hybridized carbons (Fsp3) is 0.571. The summed E-state index contributed by atoms with van der Waals surface area (Å²) in [6.07, 6.45) is 0. The monoisotopic (exact) mass is 267 g/mol. The van der Waals surface area contributed by atoms with Gasteiger partial charge in [0, 0.05) is 24.2 Å². The first-order valence-electron chi connectivity index (χ1n) is 6.41. The Morgan fingerprint density at radius 2 is 1.74 bits per heavy atom. The van der Waals surface area contributed by atoms with Crippen LogP contribution in [0.15, 0.2) is 18.2 Å². The number of methoxy groups -OCH3 is 2. The highest BCUT2D eigenvalue weighted by Crippen LogP contribution is 2.27. The Morgan fingerprint density at radius 3 is 2.32 bits per heavy atom. The van der Waals surface area contributed by atoms with Crippen molar-refractivity contribution < 1.29 is 18.9 Å². The zero-order chi connectivity index (χ0) is 13.7. The molecule has 1 saturated heterocycles. The average Bonchev–Trinajstić information content (AvgIpc) is 2.44. The van der Waals surface area contributed by atoms with Crippen LogP contribution in [-0.2, 0) is 4.74 Å². The first-order chi connectivity index (χ1) is 9.21. The highest BCUT2D eigenvalue weighted by molar-refractivity contribution is 5.42. The summed E-state index contributed by atoms with van der Waals surface area (Å²) in [5.74, 6) is 2.17. The normalized spacial score (nSPS) is 22.9. The Kier molecular flexibility index (Phi) is 4.87. The molecule has 0 spiro atoms. The molecule has 1 heterocycles. The van der Waals surface area contributed by atoms with Crippen LogP contribution in [0, 0.1) is 0 Å². The molecule has 1 aliphatic heterocycles. The quantitative estimate of drug-likeness (QED) is 0.875. The summed E-state index contributed by atoms with van der Waals surface area (Å²) in [5, 5.41) is 3.43. The largest absolute Gasteiger partial charge is 0.496 e. The number of nitrogens with one attached hydrogen (secondary N) is 1. The molecule has 1 aromatic carbocycles. The topological polar surface area (TPSA) is 49.0 Å². The maximum atomic E-state index is 5.78. The molecule has 0 saturated carbocycles. The van der Waals surface area contributed by atoms with E-state index in [0.717, 1.165) is 23.9 Å². The van der Waals surface area contributed by atoms with Crippen LogP contribution in [0.25, 0.3) is 0 Å². The van der Waals surface area contributed by atoms with Crippen molar-refractivity contribution in [2.75, 3.05) is 34.0 Å². The minimum Gasteiger partial charge on any atom is -0.496 e. The molecule has 5 nitrogen and oxygen atoms in total. The van der Waals surface area contributed by atoms with E-state index in [1.54, 1.807) is 14.2 Å². The molecule has 1 aliphatic rings. The average molecular weight is 267 g/mol.